The Morgan fingerprint density at radius 1 is 1.29 bits per heavy atom. The fourth-order valence-electron chi connectivity index (χ4n) is 3.36. The number of aromatic nitrogens is 2. The average Bonchev–Trinajstić information content (AvgIpc) is 2.96. The molecule has 7 heteroatoms. The van der Waals surface area contributed by atoms with Crippen LogP contribution < -0.4 is 10.6 Å². The van der Waals surface area contributed by atoms with Crippen molar-refractivity contribution in [2.45, 2.75) is 32.7 Å². The van der Waals surface area contributed by atoms with Gasteiger partial charge in [0.05, 0.1) is 11.3 Å². The molecule has 2 aliphatic rings. The number of hydrogen-bond acceptors (Lipinski definition) is 6. The van der Waals surface area contributed by atoms with Crippen molar-refractivity contribution in [3.63, 3.8) is 0 Å². The number of aryl methyl sites for hydroxylation is 1. The monoisotopic (exact) mass is 290 g/mol. The van der Waals surface area contributed by atoms with E-state index in [0.717, 1.165) is 36.7 Å². The molecule has 114 valence electrons. The average molecular weight is 290 g/mol. The van der Waals surface area contributed by atoms with Crippen LogP contribution in [-0.2, 0) is 0 Å². The van der Waals surface area contributed by atoms with Crippen molar-refractivity contribution in [1.82, 2.24) is 15.1 Å². The van der Waals surface area contributed by atoms with Gasteiger partial charge in [-0.15, -0.1) is 5.10 Å². The number of oxime groups is 1. The minimum Gasteiger partial charge on any atom is -0.409 e. The summed E-state index contributed by atoms with van der Waals surface area (Å²) in [5, 5.41) is 20.8. The molecule has 0 radical (unpaired) electrons. The Kier molecular flexibility index (Phi) is 3.67. The SMILES string of the molecule is Cc1nnc(N2CCN3CCCC3C2)c(C(N)=NO)c1C. The van der Waals surface area contributed by atoms with Gasteiger partial charge in [-0.3, -0.25) is 4.90 Å². The highest BCUT2D eigenvalue weighted by Crippen LogP contribution is 2.27. The van der Waals surface area contributed by atoms with Crippen LogP contribution in [0.2, 0.25) is 0 Å². The molecule has 2 aliphatic heterocycles. The van der Waals surface area contributed by atoms with Crippen molar-refractivity contribution < 1.29 is 5.21 Å². The van der Waals surface area contributed by atoms with Gasteiger partial charge in [-0.05, 0) is 38.8 Å². The van der Waals surface area contributed by atoms with Crippen LogP contribution in [0.25, 0.3) is 0 Å². The van der Waals surface area contributed by atoms with E-state index in [-0.39, 0.29) is 5.84 Å². The summed E-state index contributed by atoms with van der Waals surface area (Å²) in [7, 11) is 0. The van der Waals surface area contributed by atoms with Gasteiger partial charge < -0.3 is 15.8 Å². The zero-order valence-electron chi connectivity index (χ0n) is 12.6. The quantitative estimate of drug-likeness (QED) is 0.356. The van der Waals surface area contributed by atoms with Crippen LogP contribution in [0.15, 0.2) is 5.16 Å². The fourth-order valence-corrected chi connectivity index (χ4v) is 3.36. The van der Waals surface area contributed by atoms with Crippen molar-refractivity contribution in [3.05, 3.63) is 16.8 Å². The first-order valence-corrected chi connectivity index (χ1v) is 7.42. The smallest absolute Gasteiger partial charge is 0.174 e. The highest BCUT2D eigenvalue weighted by Gasteiger charge is 2.32. The molecular weight excluding hydrogens is 268 g/mol. The molecule has 2 fully saturated rings. The minimum atomic E-state index is 0.106. The van der Waals surface area contributed by atoms with Gasteiger partial charge in [0.25, 0.3) is 0 Å². The predicted octanol–water partition coefficient (Wildman–Crippen LogP) is 0.472. The zero-order valence-corrected chi connectivity index (χ0v) is 12.6. The lowest BCUT2D eigenvalue weighted by Crippen LogP contribution is -2.51. The summed E-state index contributed by atoms with van der Waals surface area (Å²) in [4.78, 5) is 4.76. The summed E-state index contributed by atoms with van der Waals surface area (Å²) in [6, 6.07) is 0.585. The van der Waals surface area contributed by atoms with E-state index in [1.807, 2.05) is 13.8 Å². The normalized spacial score (nSPS) is 23.4. The van der Waals surface area contributed by atoms with Gasteiger partial charge in [0.15, 0.2) is 11.7 Å². The number of hydrogen-bond donors (Lipinski definition) is 2. The lowest BCUT2D eigenvalue weighted by Gasteiger charge is -2.38. The largest absolute Gasteiger partial charge is 0.409 e. The summed E-state index contributed by atoms with van der Waals surface area (Å²) >= 11 is 0. The van der Waals surface area contributed by atoms with E-state index >= 15 is 0 Å². The van der Waals surface area contributed by atoms with Crippen LogP contribution in [-0.4, -0.2) is 58.4 Å². The molecule has 0 amide bonds. The molecule has 0 bridgehead atoms. The first-order valence-electron chi connectivity index (χ1n) is 7.42. The second-order valence-corrected chi connectivity index (χ2v) is 5.87. The van der Waals surface area contributed by atoms with Crippen LogP contribution in [0, 0.1) is 13.8 Å². The number of nitrogens with zero attached hydrogens (tertiary/aromatic N) is 5. The molecule has 7 nitrogen and oxygen atoms in total. The minimum absolute atomic E-state index is 0.106. The molecule has 0 aromatic carbocycles. The van der Waals surface area contributed by atoms with Crippen molar-refractivity contribution >= 4 is 11.7 Å². The molecular formula is C14H22N6O. The van der Waals surface area contributed by atoms with Gasteiger partial charge in [-0.1, -0.05) is 5.16 Å². The zero-order chi connectivity index (χ0) is 15.0. The molecule has 0 saturated carbocycles. The third kappa shape index (κ3) is 2.42. The highest BCUT2D eigenvalue weighted by molar-refractivity contribution is 6.02. The first-order chi connectivity index (χ1) is 10.1. The van der Waals surface area contributed by atoms with Crippen molar-refractivity contribution in [3.8, 4) is 0 Å². The van der Waals surface area contributed by atoms with Crippen molar-refractivity contribution in [2.75, 3.05) is 31.1 Å². The van der Waals surface area contributed by atoms with Crippen LogP contribution >= 0.6 is 0 Å². The van der Waals surface area contributed by atoms with Crippen molar-refractivity contribution in [2.24, 2.45) is 10.9 Å². The van der Waals surface area contributed by atoms with Gasteiger partial charge in [-0.2, -0.15) is 5.10 Å². The van der Waals surface area contributed by atoms with Gasteiger partial charge in [0, 0.05) is 25.7 Å². The number of rotatable bonds is 2. The lowest BCUT2D eigenvalue weighted by molar-refractivity contribution is 0.230. The number of fused-ring (bicyclic) bond motifs is 1. The van der Waals surface area contributed by atoms with Gasteiger partial charge in [0.2, 0.25) is 0 Å². The number of amidine groups is 1. The molecule has 0 aliphatic carbocycles. The standard InChI is InChI=1S/C14H22N6O/c1-9-10(2)16-17-14(12(9)13(15)18-21)20-7-6-19-5-3-4-11(19)8-20/h11,21H,3-8H2,1-2H3,(H2,15,18). The summed E-state index contributed by atoms with van der Waals surface area (Å²) in [5.74, 6) is 0.842. The molecule has 21 heavy (non-hydrogen) atoms. The van der Waals surface area contributed by atoms with E-state index in [4.69, 9.17) is 10.9 Å². The van der Waals surface area contributed by atoms with Crippen LogP contribution in [0.4, 0.5) is 5.82 Å². The number of nitrogens with two attached hydrogens (primary N) is 1. The Labute approximate surface area is 124 Å². The predicted molar refractivity (Wildman–Crippen MR) is 80.8 cm³/mol. The molecule has 3 rings (SSSR count). The fraction of sp³-hybridized carbons (Fsp3) is 0.643. The molecule has 1 aromatic rings. The van der Waals surface area contributed by atoms with Crippen LogP contribution in [0.1, 0.15) is 29.7 Å². The third-order valence-electron chi connectivity index (χ3n) is 4.69. The molecule has 1 unspecified atom stereocenters. The maximum Gasteiger partial charge on any atom is 0.174 e. The summed E-state index contributed by atoms with van der Waals surface area (Å²) < 4.78 is 0. The van der Waals surface area contributed by atoms with E-state index < -0.39 is 0 Å². The number of anilines is 1. The van der Waals surface area contributed by atoms with Gasteiger partial charge in [0.1, 0.15) is 0 Å². The Bertz CT molecular complexity index is 573. The molecule has 1 aromatic heterocycles. The summed E-state index contributed by atoms with van der Waals surface area (Å²) in [5.41, 5.74) is 8.30. The Morgan fingerprint density at radius 3 is 2.86 bits per heavy atom. The van der Waals surface area contributed by atoms with E-state index in [0.29, 0.717) is 11.6 Å². The first kappa shape index (κ1) is 14.1. The maximum absolute atomic E-state index is 9.06. The Balaban J connectivity index is 1.96. The van der Waals surface area contributed by atoms with E-state index in [1.54, 1.807) is 0 Å². The molecule has 0 spiro atoms. The van der Waals surface area contributed by atoms with Gasteiger partial charge >= 0.3 is 0 Å². The third-order valence-corrected chi connectivity index (χ3v) is 4.69. The molecule has 3 heterocycles. The van der Waals surface area contributed by atoms with Gasteiger partial charge in [-0.25, -0.2) is 0 Å². The molecule has 2 saturated heterocycles. The van der Waals surface area contributed by atoms with Crippen LogP contribution in [0.5, 0.6) is 0 Å². The molecule has 3 N–H and O–H groups in total. The van der Waals surface area contributed by atoms with E-state index in [9.17, 15) is 0 Å². The Morgan fingerprint density at radius 2 is 2.10 bits per heavy atom. The second-order valence-electron chi connectivity index (χ2n) is 5.87. The Hall–Kier alpha value is -1.89. The van der Waals surface area contributed by atoms with Crippen molar-refractivity contribution in [1.29, 1.82) is 0 Å². The van der Waals surface area contributed by atoms with Crippen LogP contribution in [0.3, 0.4) is 0 Å². The lowest BCUT2D eigenvalue weighted by atomic mass is 10.1. The summed E-state index contributed by atoms with van der Waals surface area (Å²) in [6.45, 7) is 7.89. The second kappa shape index (κ2) is 5.48. The van der Waals surface area contributed by atoms with E-state index in [2.05, 4.69) is 25.2 Å². The van der Waals surface area contributed by atoms with E-state index in [1.165, 1.54) is 19.4 Å². The summed E-state index contributed by atoms with van der Waals surface area (Å²) in [6.07, 6.45) is 2.50. The maximum atomic E-state index is 9.06. The number of piperazine rings is 1. The molecule has 1 atom stereocenters. The topological polar surface area (TPSA) is 90.9 Å². The highest BCUT2D eigenvalue weighted by atomic mass is 16.4.